The molecule has 2 nitrogen and oxygen atoms in total. The Labute approximate surface area is 117 Å². The number of alkyl halides is 3. The van der Waals surface area contributed by atoms with Crippen LogP contribution in [0.3, 0.4) is 0 Å². The van der Waals surface area contributed by atoms with Gasteiger partial charge in [0, 0.05) is 0 Å². The maximum absolute atomic E-state index is 9.18. The van der Waals surface area contributed by atoms with Crippen molar-refractivity contribution < 1.29 is 10.2 Å². The Balaban J connectivity index is 4.43. The third-order valence-corrected chi connectivity index (χ3v) is 10.6. The summed E-state index contributed by atoms with van der Waals surface area (Å²) < 4.78 is 0.413. The molecule has 0 fully saturated rings. The molecule has 78 valence electrons. The molecule has 1 atom stereocenters. The molecule has 7 heteroatoms. The predicted molar refractivity (Wildman–Crippen MR) is 70.2 cm³/mol. The van der Waals surface area contributed by atoms with Crippen LogP contribution in [0.15, 0.2) is 9.46 Å². The van der Waals surface area contributed by atoms with Crippen molar-refractivity contribution in [3.8, 4) is 0 Å². The van der Waals surface area contributed by atoms with Gasteiger partial charge in [0.1, 0.15) is 0 Å². The van der Waals surface area contributed by atoms with Crippen molar-refractivity contribution in [2.75, 3.05) is 13.2 Å². The Bertz CT molecular complexity index is 187. The predicted octanol–water partition coefficient (Wildman–Crippen LogP) is 2.12. The third-order valence-electron chi connectivity index (χ3n) is 1.12. The monoisotopic (exact) mass is 508 g/mol. The summed E-state index contributed by atoms with van der Waals surface area (Å²) in [6.07, 6.45) is 0. The van der Waals surface area contributed by atoms with Gasteiger partial charge in [-0.1, -0.05) is 0 Å². The number of aliphatic hydroxyl groups excluding tert-OH is 2. The molecular weight excluding hydrogens is 503 g/mol. The zero-order chi connectivity index (χ0) is 10.5. The number of hydrogen-bond acceptors (Lipinski definition) is 2. The van der Waals surface area contributed by atoms with Crippen LogP contribution in [0.1, 0.15) is 0 Å². The molecule has 0 aliphatic carbocycles. The van der Waals surface area contributed by atoms with E-state index in [1.165, 1.54) is 0 Å². The Morgan fingerprint density at radius 3 is 2.23 bits per heavy atom. The van der Waals surface area contributed by atoms with Crippen molar-refractivity contribution >= 4 is 78.7 Å². The molecule has 0 saturated heterocycles. The van der Waals surface area contributed by atoms with Crippen LogP contribution in [-0.4, -0.2) is 45.3 Å². The van der Waals surface area contributed by atoms with Crippen LogP contribution in [0.4, 0.5) is 0 Å². The van der Waals surface area contributed by atoms with Gasteiger partial charge < -0.3 is 0 Å². The quantitative estimate of drug-likeness (QED) is 0.440. The molecule has 0 radical (unpaired) electrons. The number of rotatable bonds is 5. The number of hydrogen-bond donors (Lipinski definition) is 2. The van der Waals surface area contributed by atoms with Crippen molar-refractivity contribution in [2.24, 2.45) is 0 Å². The molecule has 0 aromatic heterocycles. The van der Waals surface area contributed by atoms with Crippen LogP contribution in [0, 0.1) is 0 Å². The van der Waals surface area contributed by atoms with E-state index in [0.717, 1.165) is 4.47 Å². The standard InChI is InChI=1S/C6H8Br4O2Se/c7-1-4(2-11)13-6(10,3-12)5(8)9/h1,5,11-12H,2-3H2/b4-1-. The average Bonchev–Trinajstić information content (AvgIpc) is 2.13. The van der Waals surface area contributed by atoms with E-state index >= 15 is 0 Å². The summed E-state index contributed by atoms with van der Waals surface area (Å²) in [5, 5.41) is 18.1. The van der Waals surface area contributed by atoms with Gasteiger partial charge in [0.05, 0.1) is 0 Å². The molecular formula is C6H8Br4O2Se. The first-order valence-electron chi connectivity index (χ1n) is 3.17. The summed E-state index contributed by atoms with van der Waals surface area (Å²) in [4.78, 5) is 1.70. The molecule has 0 heterocycles. The molecule has 2 N–H and O–H groups in total. The van der Waals surface area contributed by atoms with E-state index < -0.39 is 3.22 Å². The SMILES string of the molecule is OC/C(=C/Br)[Se]C(Br)(CO)C(Br)Br. The van der Waals surface area contributed by atoms with Gasteiger partial charge >= 0.3 is 119 Å². The first kappa shape index (κ1) is 15.1. The molecule has 0 aliphatic rings. The second-order valence-electron chi connectivity index (χ2n) is 2.08. The molecule has 0 bridgehead atoms. The molecule has 0 rings (SSSR count). The molecule has 0 aromatic carbocycles. The van der Waals surface area contributed by atoms with E-state index in [1.54, 1.807) is 4.99 Å². The van der Waals surface area contributed by atoms with Gasteiger partial charge in [-0.3, -0.25) is 0 Å². The number of aliphatic hydroxyl groups is 2. The van der Waals surface area contributed by atoms with Gasteiger partial charge in [0.2, 0.25) is 0 Å². The maximum atomic E-state index is 9.18. The normalized spacial score (nSPS) is 17.6. The van der Waals surface area contributed by atoms with Crippen LogP contribution in [-0.2, 0) is 0 Å². The minimum absolute atomic E-state index is 0.00148. The van der Waals surface area contributed by atoms with Gasteiger partial charge in [-0.05, 0) is 0 Å². The summed E-state index contributed by atoms with van der Waals surface area (Å²) in [6, 6.07) is 0. The fourth-order valence-corrected chi connectivity index (χ4v) is 4.89. The van der Waals surface area contributed by atoms with Gasteiger partial charge in [-0.15, -0.1) is 0 Å². The zero-order valence-corrected chi connectivity index (χ0v) is 14.4. The molecule has 0 spiro atoms. The minimum atomic E-state index is -0.428. The van der Waals surface area contributed by atoms with E-state index in [1.807, 2.05) is 0 Å². The van der Waals surface area contributed by atoms with Crippen molar-refractivity contribution in [3.63, 3.8) is 0 Å². The summed E-state index contributed by atoms with van der Waals surface area (Å²) in [5.74, 6) is 0. The van der Waals surface area contributed by atoms with Gasteiger partial charge in [0.25, 0.3) is 0 Å². The Kier molecular flexibility index (Phi) is 8.58. The fraction of sp³-hybridized carbons (Fsp3) is 0.667. The number of halogens is 4. The Morgan fingerprint density at radius 2 is 2.00 bits per heavy atom. The summed E-state index contributed by atoms with van der Waals surface area (Å²) >= 11 is 13.3. The van der Waals surface area contributed by atoms with Crippen LogP contribution in [0.2, 0.25) is 0 Å². The Hall–Kier alpha value is 2.10. The van der Waals surface area contributed by atoms with Crippen LogP contribution in [0.25, 0.3) is 0 Å². The summed E-state index contributed by atoms with van der Waals surface area (Å²) in [7, 11) is 0. The van der Waals surface area contributed by atoms with Crippen LogP contribution < -0.4 is 0 Å². The summed E-state index contributed by atoms with van der Waals surface area (Å²) in [6.45, 7) is 0.00380. The topological polar surface area (TPSA) is 40.5 Å². The van der Waals surface area contributed by atoms with Gasteiger partial charge in [-0.25, -0.2) is 0 Å². The third kappa shape index (κ3) is 5.11. The molecule has 0 amide bonds. The first-order valence-corrected chi connectivity index (χ1v) is 8.42. The second kappa shape index (κ2) is 7.39. The Morgan fingerprint density at radius 1 is 1.46 bits per heavy atom. The van der Waals surface area contributed by atoms with E-state index in [4.69, 9.17) is 5.11 Å². The zero-order valence-electron chi connectivity index (χ0n) is 6.38. The van der Waals surface area contributed by atoms with Gasteiger partial charge in [-0.2, -0.15) is 0 Å². The molecule has 13 heavy (non-hydrogen) atoms. The molecule has 0 aliphatic heterocycles. The van der Waals surface area contributed by atoms with E-state index in [0.29, 0.717) is 0 Å². The van der Waals surface area contributed by atoms with Crippen molar-refractivity contribution in [1.82, 2.24) is 0 Å². The van der Waals surface area contributed by atoms with Crippen molar-refractivity contribution in [3.05, 3.63) is 9.46 Å². The van der Waals surface area contributed by atoms with Crippen LogP contribution in [0.5, 0.6) is 0 Å². The second-order valence-corrected chi connectivity index (χ2v) is 11.3. The molecule has 1 unspecified atom stereocenters. The average molecular weight is 511 g/mol. The van der Waals surface area contributed by atoms with Crippen molar-refractivity contribution in [2.45, 2.75) is 6.96 Å². The van der Waals surface area contributed by atoms with E-state index in [9.17, 15) is 5.11 Å². The van der Waals surface area contributed by atoms with E-state index in [2.05, 4.69) is 63.7 Å². The first-order chi connectivity index (χ1) is 6.00. The van der Waals surface area contributed by atoms with Crippen molar-refractivity contribution in [1.29, 1.82) is 0 Å². The van der Waals surface area contributed by atoms with E-state index in [-0.39, 0.29) is 31.9 Å². The molecule has 0 saturated carbocycles. The summed E-state index contributed by atoms with van der Waals surface area (Å²) in [5.41, 5.74) is 0. The fourth-order valence-electron chi connectivity index (χ4n) is 0.453. The van der Waals surface area contributed by atoms with Gasteiger partial charge in [0.15, 0.2) is 0 Å². The molecule has 0 aromatic rings. The van der Waals surface area contributed by atoms with Crippen LogP contribution >= 0.6 is 63.7 Å².